The number of aromatic nitrogens is 4. The molecule has 5 nitrogen and oxygen atoms in total. The molecule has 1 heterocycles. The Labute approximate surface area is 110 Å². The highest BCUT2D eigenvalue weighted by Crippen LogP contribution is 2.28. The summed E-state index contributed by atoms with van der Waals surface area (Å²) in [7, 11) is 0. The summed E-state index contributed by atoms with van der Waals surface area (Å²) in [6.45, 7) is 0.790. The topological polar surface area (TPSA) is 69.6 Å². The molecule has 0 amide bonds. The van der Waals surface area contributed by atoms with E-state index in [1.54, 1.807) is 10.7 Å². The minimum absolute atomic E-state index is 0.370. The Kier molecular flexibility index (Phi) is 3.15. The van der Waals surface area contributed by atoms with Crippen molar-refractivity contribution >= 4 is 5.69 Å². The third kappa shape index (κ3) is 2.57. The van der Waals surface area contributed by atoms with Crippen LogP contribution in [0.15, 0.2) is 18.2 Å². The molecule has 1 saturated carbocycles. The third-order valence-corrected chi connectivity index (χ3v) is 3.62. The monoisotopic (exact) mass is 261 g/mol. The predicted octanol–water partition coefficient (Wildman–Crippen LogP) is 2.25. The minimum atomic E-state index is -0.370. The molecular formula is C13H16FN5. The highest BCUT2D eigenvalue weighted by atomic mass is 19.1. The van der Waals surface area contributed by atoms with E-state index in [-0.39, 0.29) is 5.82 Å². The number of hydrogen-bond donors (Lipinski definition) is 1. The van der Waals surface area contributed by atoms with Gasteiger partial charge in [0, 0.05) is 17.8 Å². The fourth-order valence-corrected chi connectivity index (χ4v) is 2.71. The van der Waals surface area contributed by atoms with E-state index in [1.165, 1.54) is 37.8 Å². The van der Waals surface area contributed by atoms with Gasteiger partial charge in [-0.05, 0) is 47.4 Å². The smallest absolute Gasteiger partial charge is 0.182 e. The van der Waals surface area contributed by atoms with Crippen LogP contribution in [0, 0.1) is 11.7 Å². The van der Waals surface area contributed by atoms with Crippen molar-refractivity contribution in [2.24, 2.45) is 5.92 Å². The maximum atomic E-state index is 13.4. The number of nitrogens with zero attached hydrogens (tertiary/aromatic N) is 4. The SMILES string of the molecule is Nc1cc(F)cc(-c2nnnn2CC2CCCC2)c1. The Balaban J connectivity index is 1.90. The van der Waals surface area contributed by atoms with Gasteiger partial charge >= 0.3 is 0 Å². The van der Waals surface area contributed by atoms with Crippen molar-refractivity contribution in [3.63, 3.8) is 0 Å². The lowest BCUT2D eigenvalue weighted by molar-refractivity contribution is 0.424. The molecule has 19 heavy (non-hydrogen) atoms. The van der Waals surface area contributed by atoms with Gasteiger partial charge in [-0.3, -0.25) is 0 Å². The van der Waals surface area contributed by atoms with E-state index in [0.29, 0.717) is 23.0 Å². The van der Waals surface area contributed by atoms with Crippen molar-refractivity contribution in [3.05, 3.63) is 24.0 Å². The molecule has 1 aliphatic rings. The van der Waals surface area contributed by atoms with E-state index in [1.807, 2.05) is 0 Å². The van der Waals surface area contributed by atoms with E-state index >= 15 is 0 Å². The Morgan fingerprint density at radius 3 is 2.79 bits per heavy atom. The molecular weight excluding hydrogens is 245 g/mol. The quantitative estimate of drug-likeness (QED) is 0.860. The van der Waals surface area contributed by atoms with Gasteiger partial charge in [0.15, 0.2) is 5.82 Å². The molecule has 0 atom stereocenters. The van der Waals surface area contributed by atoms with Crippen molar-refractivity contribution in [1.82, 2.24) is 20.2 Å². The lowest BCUT2D eigenvalue weighted by Crippen LogP contribution is -2.10. The largest absolute Gasteiger partial charge is 0.399 e. The molecule has 0 saturated heterocycles. The van der Waals surface area contributed by atoms with Crippen LogP contribution in [0.1, 0.15) is 25.7 Å². The van der Waals surface area contributed by atoms with Crippen LogP contribution >= 0.6 is 0 Å². The van der Waals surface area contributed by atoms with Crippen LogP contribution in [0.5, 0.6) is 0 Å². The first-order valence-corrected chi connectivity index (χ1v) is 6.55. The Morgan fingerprint density at radius 2 is 2.05 bits per heavy atom. The van der Waals surface area contributed by atoms with Crippen LogP contribution in [0.2, 0.25) is 0 Å². The molecule has 0 spiro atoms. The molecule has 1 fully saturated rings. The highest BCUT2D eigenvalue weighted by Gasteiger charge is 2.19. The molecule has 100 valence electrons. The molecule has 6 heteroatoms. The molecule has 0 unspecified atom stereocenters. The minimum Gasteiger partial charge on any atom is -0.399 e. The summed E-state index contributed by atoms with van der Waals surface area (Å²) < 4.78 is 15.2. The standard InChI is InChI=1S/C13H16FN5/c14-11-5-10(6-12(15)7-11)13-16-17-18-19(13)8-9-3-1-2-4-9/h5-7,9H,1-4,8,15H2. The molecule has 2 N–H and O–H groups in total. The highest BCUT2D eigenvalue weighted by molar-refractivity contribution is 5.61. The number of benzene rings is 1. The summed E-state index contributed by atoms with van der Waals surface area (Å²) in [4.78, 5) is 0. The Morgan fingerprint density at radius 1 is 1.26 bits per heavy atom. The van der Waals surface area contributed by atoms with Crippen molar-refractivity contribution in [2.75, 3.05) is 5.73 Å². The summed E-state index contributed by atoms with van der Waals surface area (Å²) >= 11 is 0. The summed E-state index contributed by atoms with van der Waals surface area (Å²) in [5.41, 5.74) is 6.67. The number of nitrogen functional groups attached to an aromatic ring is 1. The first kappa shape index (κ1) is 12.1. The zero-order valence-electron chi connectivity index (χ0n) is 10.6. The molecule has 0 radical (unpaired) electrons. The molecule has 0 bridgehead atoms. The Hall–Kier alpha value is -1.98. The van der Waals surface area contributed by atoms with Crippen LogP contribution in [0.3, 0.4) is 0 Å². The molecule has 2 aromatic rings. The lowest BCUT2D eigenvalue weighted by Gasteiger charge is -2.10. The number of nitrogens with two attached hydrogens (primary N) is 1. The molecule has 1 aromatic carbocycles. The average molecular weight is 261 g/mol. The van der Waals surface area contributed by atoms with E-state index in [9.17, 15) is 4.39 Å². The molecule has 1 aliphatic carbocycles. The van der Waals surface area contributed by atoms with E-state index in [4.69, 9.17) is 5.73 Å². The number of tetrazole rings is 1. The maximum Gasteiger partial charge on any atom is 0.182 e. The van der Waals surface area contributed by atoms with Gasteiger partial charge in [-0.2, -0.15) is 0 Å². The van der Waals surface area contributed by atoms with E-state index < -0.39 is 0 Å². The molecule has 3 rings (SSSR count). The third-order valence-electron chi connectivity index (χ3n) is 3.62. The normalized spacial score (nSPS) is 16.1. The van der Waals surface area contributed by atoms with Crippen LogP contribution in [-0.4, -0.2) is 20.2 Å². The van der Waals surface area contributed by atoms with Crippen LogP contribution < -0.4 is 5.73 Å². The van der Waals surface area contributed by atoms with Gasteiger partial charge in [0.1, 0.15) is 5.82 Å². The van der Waals surface area contributed by atoms with E-state index in [0.717, 1.165) is 6.54 Å². The Bertz CT molecular complexity index is 554. The first-order chi connectivity index (χ1) is 9.22. The van der Waals surface area contributed by atoms with Gasteiger partial charge in [-0.1, -0.05) is 12.8 Å². The van der Waals surface area contributed by atoms with Crippen molar-refractivity contribution in [3.8, 4) is 11.4 Å². The average Bonchev–Trinajstić information content (AvgIpc) is 2.99. The summed E-state index contributed by atoms with van der Waals surface area (Å²) in [6, 6.07) is 4.39. The van der Waals surface area contributed by atoms with Crippen molar-refractivity contribution in [1.29, 1.82) is 0 Å². The zero-order chi connectivity index (χ0) is 13.2. The molecule has 1 aromatic heterocycles. The second-order valence-corrected chi connectivity index (χ2v) is 5.11. The van der Waals surface area contributed by atoms with Gasteiger partial charge in [0.25, 0.3) is 0 Å². The fraction of sp³-hybridized carbons (Fsp3) is 0.462. The first-order valence-electron chi connectivity index (χ1n) is 6.55. The summed E-state index contributed by atoms with van der Waals surface area (Å²) in [6.07, 6.45) is 4.97. The van der Waals surface area contributed by atoms with E-state index in [2.05, 4.69) is 15.5 Å². The van der Waals surface area contributed by atoms with Crippen molar-refractivity contribution < 1.29 is 4.39 Å². The fourth-order valence-electron chi connectivity index (χ4n) is 2.71. The van der Waals surface area contributed by atoms with Crippen LogP contribution in [-0.2, 0) is 6.54 Å². The number of rotatable bonds is 3. The number of anilines is 1. The lowest BCUT2D eigenvalue weighted by atomic mass is 10.1. The zero-order valence-corrected chi connectivity index (χ0v) is 10.6. The second kappa shape index (κ2) is 4.95. The number of hydrogen-bond acceptors (Lipinski definition) is 4. The maximum absolute atomic E-state index is 13.4. The number of halogens is 1. The second-order valence-electron chi connectivity index (χ2n) is 5.11. The summed E-state index contributed by atoms with van der Waals surface area (Å²) in [5.74, 6) is 0.830. The van der Waals surface area contributed by atoms with Crippen LogP contribution in [0.4, 0.5) is 10.1 Å². The predicted molar refractivity (Wildman–Crippen MR) is 69.6 cm³/mol. The van der Waals surface area contributed by atoms with Gasteiger partial charge in [0.05, 0.1) is 0 Å². The molecule has 0 aliphatic heterocycles. The van der Waals surface area contributed by atoms with Crippen molar-refractivity contribution in [2.45, 2.75) is 32.2 Å². The van der Waals surface area contributed by atoms with Gasteiger partial charge in [-0.25, -0.2) is 9.07 Å². The van der Waals surface area contributed by atoms with Gasteiger partial charge < -0.3 is 5.73 Å². The van der Waals surface area contributed by atoms with Gasteiger partial charge in [0.2, 0.25) is 0 Å². The van der Waals surface area contributed by atoms with Gasteiger partial charge in [-0.15, -0.1) is 5.10 Å². The summed E-state index contributed by atoms with van der Waals surface area (Å²) in [5, 5.41) is 11.7. The van der Waals surface area contributed by atoms with Crippen LogP contribution in [0.25, 0.3) is 11.4 Å².